The number of nitrogens with zero attached hydrogens (tertiary/aromatic N) is 1. The van der Waals surface area contributed by atoms with Gasteiger partial charge in [-0.15, -0.1) is 0 Å². The Hall–Kier alpha value is -4.27. The molecule has 1 aliphatic rings. The number of hydrogen-bond acceptors (Lipinski definition) is 8. The predicted molar refractivity (Wildman–Crippen MR) is 164 cm³/mol. The summed E-state index contributed by atoms with van der Waals surface area (Å²) in [6.07, 6.45) is 4.42. The second-order valence-electron chi connectivity index (χ2n) is 12.7. The maximum Gasteiger partial charge on any atom is 0.424 e. The molecule has 3 aromatic rings. The number of carbonyl (C=O) groups excluding carboxylic acids is 2. The van der Waals surface area contributed by atoms with E-state index in [1.165, 1.54) is 6.26 Å². The fourth-order valence-electron chi connectivity index (χ4n) is 4.88. The summed E-state index contributed by atoms with van der Waals surface area (Å²) in [6.45, 7) is 11.5. The molecular weight excluding hydrogens is 550 g/mol. The molecule has 0 saturated heterocycles. The fourth-order valence-corrected chi connectivity index (χ4v) is 4.88. The van der Waals surface area contributed by atoms with Gasteiger partial charge in [-0.25, -0.2) is 14.4 Å². The van der Waals surface area contributed by atoms with Gasteiger partial charge in [-0.2, -0.15) is 4.90 Å². The van der Waals surface area contributed by atoms with Crippen molar-refractivity contribution >= 4 is 28.6 Å². The molecule has 9 nitrogen and oxygen atoms in total. The van der Waals surface area contributed by atoms with E-state index in [1.54, 1.807) is 48.5 Å². The zero-order chi connectivity index (χ0) is 31.4. The van der Waals surface area contributed by atoms with Gasteiger partial charge in [0.05, 0.1) is 12.4 Å². The quantitative estimate of drug-likeness (QED) is 0.291. The van der Waals surface area contributed by atoms with Crippen LogP contribution >= 0.6 is 0 Å². The number of ether oxygens (including phenoxy) is 3. The third kappa shape index (κ3) is 8.40. The zero-order valence-electron chi connectivity index (χ0n) is 26.0. The molecule has 0 bridgehead atoms. The van der Waals surface area contributed by atoms with Gasteiger partial charge in [0.15, 0.2) is 11.4 Å². The zero-order valence-corrected chi connectivity index (χ0v) is 26.0. The molecule has 0 radical (unpaired) electrons. The molecule has 0 unspecified atom stereocenters. The van der Waals surface area contributed by atoms with Crippen molar-refractivity contribution in [2.24, 2.45) is 0 Å². The van der Waals surface area contributed by atoms with Crippen molar-refractivity contribution in [1.29, 1.82) is 0 Å². The van der Waals surface area contributed by atoms with Crippen LogP contribution in [0, 0.1) is 6.92 Å². The SMILES string of the molecule is Cc1oc(=O)c(N(C(=O)OC(C)(C)C)C(=O)OC(C)(C)C)cocc(Cc2cccc3ccccc23)c1OC1CCCC1. The lowest BCUT2D eigenvalue weighted by Crippen LogP contribution is -2.45. The van der Waals surface area contributed by atoms with Gasteiger partial charge in [-0.1, -0.05) is 42.5 Å². The molecule has 1 heterocycles. The summed E-state index contributed by atoms with van der Waals surface area (Å²) in [7, 11) is 0. The molecule has 1 saturated carbocycles. The van der Waals surface area contributed by atoms with Gasteiger partial charge in [0.25, 0.3) is 0 Å². The normalized spacial score (nSPS) is 13.8. The van der Waals surface area contributed by atoms with Crippen LogP contribution in [-0.2, 0) is 15.9 Å². The van der Waals surface area contributed by atoms with E-state index in [4.69, 9.17) is 23.0 Å². The second-order valence-corrected chi connectivity index (χ2v) is 12.7. The van der Waals surface area contributed by atoms with Crippen LogP contribution in [0.2, 0.25) is 0 Å². The highest BCUT2D eigenvalue weighted by Crippen LogP contribution is 2.31. The first-order valence-corrected chi connectivity index (χ1v) is 14.6. The van der Waals surface area contributed by atoms with Crippen molar-refractivity contribution in [2.45, 2.75) is 97.9 Å². The predicted octanol–water partition coefficient (Wildman–Crippen LogP) is 8.41. The highest BCUT2D eigenvalue weighted by Gasteiger charge is 2.35. The van der Waals surface area contributed by atoms with Crippen LogP contribution in [-0.4, -0.2) is 29.5 Å². The minimum absolute atomic E-state index is 0.0484. The highest BCUT2D eigenvalue weighted by atomic mass is 16.6. The molecule has 230 valence electrons. The van der Waals surface area contributed by atoms with Crippen molar-refractivity contribution < 1.29 is 32.6 Å². The molecule has 2 amide bonds. The Morgan fingerprint density at radius 1 is 0.860 bits per heavy atom. The third-order valence-electron chi connectivity index (χ3n) is 6.70. The Morgan fingerprint density at radius 2 is 1.47 bits per heavy atom. The molecule has 4 rings (SSSR count). The van der Waals surface area contributed by atoms with Gasteiger partial charge in [-0.3, -0.25) is 0 Å². The van der Waals surface area contributed by atoms with E-state index in [2.05, 4.69) is 0 Å². The van der Waals surface area contributed by atoms with Crippen LogP contribution in [0.4, 0.5) is 15.3 Å². The third-order valence-corrected chi connectivity index (χ3v) is 6.70. The van der Waals surface area contributed by atoms with Gasteiger partial charge in [-0.05, 0) is 90.5 Å². The number of amides is 2. The number of aryl methyl sites for hydroxylation is 1. The molecule has 0 aliphatic heterocycles. The van der Waals surface area contributed by atoms with E-state index in [0.29, 0.717) is 22.6 Å². The molecular formula is C34H41NO8. The standard InChI is InChI=1S/C34H41NO8/c1-22-29(41-26-16-9-10-17-26)25(19-24-15-12-14-23-13-8-11-18-27(23)24)20-39-21-28(30(36)40-22)35(31(37)42-33(2,3)4)32(38)43-34(5,6)7/h8,11-15,18,20-21,26H,9-10,16-17,19H2,1-7H3. The van der Waals surface area contributed by atoms with E-state index in [1.807, 2.05) is 42.5 Å². The first kappa shape index (κ1) is 31.7. The summed E-state index contributed by atoms with van der Waals surface area (Å²) in [4.78, 5) is 40.6. The Balaban J connectivity index is 1.90. The highest BCUT2D eigenvalue weighted by molar-refractivity contribution is 6.09. The second kappa shape index (κ2) is 12.9. The first-order valence-electron chi connectivity index (χ1n) is 14.6. The Labute approximate surface area is 252 Å². The number of anilines is 1. The van der Waals surface area contributed by atoms with Crippen LogP contribution in [0.25, 0.3) is 10.8 Å². The lowest BCUT2D eigenvalue weighted by molar-refractivity contribution is 0.0428. The molecule has 2 aromatic carbocycles. The Bertz CT molecular complexity index is 1550. The van der Waals surface area contributed by atoms with Crippen LogP contribution in [0.3, 0.4) is 0 Å². The average molecular weight is 592 g/mol. The fraction of sp³-hybridized carbons (Fsp3) is 0.441. The van der Waals surface area contributed by atoms with Crippen LogP contribution < -0.4 is 15.3 Å². The molecule has 0 atom stereocenters. The van der Waals surface area contributed by atoms with Gasteiger partial charge in [0, 0.05) is 12.0 Å². The van der Waals surface area contributed by atoms with E-state index in [9.17, 15) is 14.4 Å². The summed E-state index contributed by atoms with van der Waals surface area (Å²) in [5.74, 6) is 0.553. The summed E-state index contributed by atoms with van der Waals surface area (Å²) in [5.41, 5.74) is -1.80. The van der Waals surface area contributed by atoms with Crippen molar-refractivity contribution in [2.75, 3.05) is 4.90 Å². The molecule has 0 spiro atoms. The molecule has 1 aromatic heterocycles. The molecule has 1 fully saturated rings. The van der Waals surface area contributed by atoms with Gasteiger partial charge in [0.1, 0.15) is 23.2 Å². The summed E-state index contributed by atoms with van der Waals surface area (Å²) in [5, 5.41) is 2.15. The Kier molecular flexibility index (Phi) is 9.52. The number of imide groups is 1. The van der Waals surface area contributed by atoms with Gasteiger partial charge in [0.2, 0.25) is 0 Å². The molecule has 43 heavy (non-hydrogen) atoms. The van der Waals surface area contributed by atoms with Crippen LogP contribution in [0.5, 0.6) is 5.75 Å². The summed E-state index contributed by atoms with van der Waals surface area (Å²) in [6, 6.07) is 14.1. The topological polar surface area (TPSA) is 108 Å². The van der Waals surface area contributed by atoms with E-state index in [0.717, 1.165) is 48.3 Å². The first-order chi connectivity index (χ1) is 20.2. The minimum atomic E-state index is -1.11. The van der Waals surface area contributed by atoms with Crippen molar-refractivity contribution in [3.63, 3.8) is 0 Å². The molecule has 1 aliphatic carbocycles. The molecule has 9 heteroatoms. The van der Waals surface area contributed by atoms with Crippen LogP contribution in [0.1, 0.15) is 84.1 Å². The lowest BCUT2D eigenvalue weighted by Gasteiger charge is -2.27. The lowest BCUT2D eigenvalue weighted by atomic mass is 9.99. The summed E-state index contributed by atoms with van der Waals surface area (Å²) < 4.78 is 28.9. The largest absolute Gasteiger partial charge is 0.486 e. The van der Waals surface area contributed by atoms with Crippen LogP contribution in [0.15, 0.2) is 68.6 Å². The van der Waals surface area contributed by atoms with E-state index >= 15 is 0 Å². The van der Waals surface area contributed by atoms with Crippen molar-refractivity contribution in [3.8, 4) is 5.75 Å². The minimum Gasteiger partial charge on any atom is -0.486 e. The number of carbonyl (C=O) groups is 2. The maximum absolute atomic E-state index is 13.6. The van der Waals surface area contributed by atoms with E-state index in [-0.39, 0.29) is 11.9 Å². The number of benzene rings is 2. The maximum atomic E-state index is 13.6. The number of fused-ring (bicyclic) bond motifs is 1. The number of hydrogen-bond donors (Lipinski definition) is 0. The van der Waals surface area contributed by atoms with Gasteiger partial charge >= 0.3 is 17.8 Å². The summed E-state index contributed by atoms with van der Waals surface area (Å²) >= 11 is 0. The Morgan fingerprint density at radius 3 is 2.09 bits per heavy atom. The van der Waals surface area contributed by atoms with E-state index < -0.39 is 34.7 Å². The van der Waals surface area contributed by atoms with Crippen molar-refractivity contribution in [3.05, 3.63) is 82.3 Å². The number of rotatable bonds is 5. The van der Waals surface area contributed by atoms with Crippen molar-refractivity contribution in [1.82, 2.24) is 0 Å². The van der Waals surface area contributed by atoms with Gasteiger partial charge < -0.3 is 23.0 Å². The molecule has 0 N–H and O–H groups in total. The smallest absolute Gasteiger partial charge is 0.424 e. The monoisotopic (exact) mass is 591 g/mol. The average Bonchev–Trinajstić information content (AvgIpc) is 3.42.